The molecule has 378 valence electrons. The molecule has 0 fully saturated rings. The third-order valence-electron chi connectivity index (χ3n) is 7.68. The molecule has 69 heavy (non-hydrogen) atoms. The van der Waals surface area contributed by atoms with Gasteiger partial charge in [-0.25, -0.2) is 0 Å². The third kappa shape index (κ3) is 43.8. The number of aliphatic hydroxyl groups excluding tert-OH is 1. The van der Waals surface area contributed by atoms with E-state index in [1.165, 1.54) is 26.4 Å². The van der Waals surface area contributed by atoms with Crippen LogP contribution in [0.3, 0.4) is 0 Å². The zero-order chi connectivity index (χ0) is 50.3. The van der Waals surface area contributed by atoms with Crippen LogP contribution in [0.15, 0.2) is 72.8 Å². The van der Waals surface area contributed by atoms with E-state index in [9.17, 15) is 28.8 Å². The second kappa shape index (κ2) is 38.7. The quantitative estimate of drug-likeness (QED) is 0.0670. The minimum Gasteiger partial charge on any atom is -1.00 e. The van der Waals surface area contributed by atoms with E-state index in [0.29, 0.717) is 63.2 Å². The fourth-order valence-corrected chi connectivity index (χ4v) is 4.89. The summed E-state index contributed by atoms with van der Waals surface area (Å²) in [5.74, 6) is -0.540. The van der Waals surface area contributed by atoms with Gasteiger partial charge < -0.3 is 55.4 Å². The molecular formula is C50H74KLiO17. The molecule has 0 spiro atoms. The van der Waals surface area contributed by atoms with Crippen LogP contribution in [-0.2, 0) is 71.7 Å². The molecule has 0 unspecified atom stereocenters. The standard InChI is InChI=1S/C17H24O5.C16H22O5.C9H10O3.C8H16O3.K.Li.H2O.H/c1-17(2,3)22-15(18)6-5-11-21-14-9-7-13(8-10-14)12-16(19)20-4;1-16(2,3)21-15(19)5-4-10-20-13-8-6-12(7-9-13)11-14(17)18;1-12-9(11)6-7-2-4-8(10)5-3-7;1-8(2,3)11-7(10)5-4-6-9;;;;/h7-10H,5-6,11-12H2,1-4H3;6-9H,4-5,10-11H2,1-3H3,(H,17,18);2-5,10H,6H2,1H3;9H,4-6H2,1-3H3;;;1H2;/q;;;;2*+1;;-1/p-1. The van der Waals surface area contributed by atoms with Crippen molar-refractivity contribution in [2.45, 2.75) is 137 Å². The van der Waals surface area contributed by atoms with E-state index < -0.39 is 22.8 Å². The molecule has 0 aliphatic heterocycles. The molecule has 0 aliphatic rings. The van der Waals surface area contributed by atoms with Gasteiger partial charge in [0.1, 0.15) is 34.1 Å². The maximum Gasteiger partial charge on any atom is 1.00 e. The first-order valence-electron chi connectivity index (χ1n) is 21.6. The number of ether oxygens (including phenoxy) is 7. The molecule has 0 atom stereocenters. The van der Waals surface area contributed by atoms with E-state index >= 15 is 0 Å². The second-order valence-corrected chi connectivity index (χ2v) is 17.5. The molecule has 0 aliphatic carbocycles. The van der Waals surface area contributed by atoms with Crippen LogP contribution in [0, 0.1) is 0 Å². The monoisotopic (exact) mass is 992 g/mol. The summed E-state index contributed by atoms with van der Waals surface area (Å²) in [5, 5.41) is 26.0. The van der Waals surface area contributed by atoms with Crippen molar-refractivity contribution in [3.05, 3.63) is 89.5 Å². The Hall–Kier alpha value is -3.97. The molecule has 4 N–H and O–H groups in total. The van der Waals surface area contributed by atoms with Gasteiger partial charge in [0, 0.05) is 25.9 Å². The minimum atomic E-state index is -0.860. The van der Waals surface area contributed by atoms with Crippen LogP contribution in [-0.4, -0.2) is 107 Å². The predicted molar refractivity (Wildman–Crippen MR) is 250 cm³/mol. The van der Waals surface area contributed by atoms with Gasteiger partial charge >= 0.3 is 106 Å². The maximum absolute atomic E-state index is 11.5. The molecule has 17 nitrogen and oxygen atoms in total. The van der Waals surface area contributed by atoms with Gasteiger partial charge in [0.05, 0.1) is 46.7 Å². The number of methoxy groups -OCH3 is 2. The Morgan fingerprint density at radius 3 is 1.06 bits per heavy atom. The summed E-state index contributed by atoms with van der Waals surface area (Å²) in [5.41, 5.74) is 1.11. The zero-order valence-electron chi connectivity index (χ0n) is 44.0. The van der Waals surface area contributed by atoms with E-state index in [1.54, 1.807) is 48.5 Å². The first kappa shape index (κ1) is 71.6. The summed E-state index contributed by atoms with van der Waals surface area (Å²) >= 11 is 0. The van der Waals surface area contributed by atoms with Crippen LogP contribution in [0.2, 0.25) is 0 Å². The largest absolute Gasteiger partial charge is 1.00 e. The molecule has 3 aromatic carbocycles. The smallest absolute Gasteiger partial charge is 1.00 e. The van der Waals surface area contributed by atoms with Gasteiger partial charge in [-0.15, -0.1) is 0 Å². The number of aromatic hydroxyl groups is 1. The van der Waals surface area contributed by atoms with Crippen LogP contribution >= 0.6 is 0 Å². The van der Waals surface area contributed by atoms with Crippen molar-refractivity contribution in [3.63, 3.8) is 0 Å². The van der Waals surface area contributed by atoms with Crippen LogP contribution in [0.1, 0.15) is 119 Å². The molecule has 0 saturated heterocycles. The summed E-state index contributed by atoms with van der Waals surface area (Å²) in [7, 11) is 2.72. The summed E-state index contributed by atoms with van der Waals surface area (Å²) in [4.78, 5) is 66.4. The number of carboxylic acid groups (broad SMARTS) is 1. The van der Waals surface area contributed by atoms with E-state index in [2.05, 4.69) is 9.47 Å². The van der Waals surface area contributed by atoms with Gasteiger partial charge in [-0.1, -0.05) is 36.4 Å². The predicted octanol–water partition coefficient (Wildman–Crippen LogP) is 1.87. The van der Waals surface area contributed by atoms with Gasteiger partial charge in [0.25, 0.3) is 0 Å². The molecule has 0 saturated carbocycles. The van der Waals surface area contributed by atoms with E-state index in [4.69, 9.17) is 39.0 Å². The Balaban J connectivity index is -0.000000274. The molecule has 0 bridgehead atoms. The number of carbonyl (C=O) groups excluding carboxylic acids is 5. The number of rotatable bonds is 19. The molecule has 3 aromatic rings. The van der Waals surface area contributed by atoms with E-state index in [0.717, 1.165) is 16.7 Å². The number of esters is 5. The molecular weight excluding hydrogens is 919 g/mol. The Bertz CT molecular complexity index is 1890. The van der Waals surface area contributed by atoms with Gasteiger partial charge in [0.15, 0.2) is 0 Å². The molecule has 0 radical (unpaired) electrons. The second-order valence-electron chi connectivity index (χ2n) is 17.5. The van der Waals surface area contributed by atoms with Crippen LogP contribution in [0.25, 0.3) is 0 Å². The number of carbonyl (C=O) groups is 6. The van der Waals surface area contributed by atoms with E-state index in [1.807, 2.05) is 74.4 Å². The molecule has 19 heteroatoms. The van der Waals surface area contributed by atoms with Crippen LogP contribution in [0.5, 0.6) is 17.2 Å². The number of aliphatic hydroxyl groups is 1. The average Bonchev–Trinajstić information content (AvgIpc) is 3.21. The van der Waals surface area contributed by atoms with Gasteiger partial charge in [-0.2, -0.15) is 0 Å². The number of hydrogen-bond acceptors (Lipinski definition) is 16. The molecule has 0 aromatic heterocycles. The molecule has 3 rings (SSSR count). The van der Waals surface area contributed by atoms with Crippen molar-refractivity contribution in [3.8, 4) is 17.2 Å². The van der Waals surface area contributed by atoms with Crippen molar-refractivity contribution in [1.29, 1.82) is 0 Å². The van der Waals surface area contributed by atoms with Crippen LogP contribution in [0.4, 0.5) is 0 Å². The first-order chi connectivity index (χ1) is 30.7. The maximum atomic E-state index is 11.5. The minimum absolute atomic E-state index is 0. The van der Waals surface area contributed by atoms with Gasteiger partial charge in [-0.3, -0.25) is 28.8 Å². The number of phenolic OH excluding ortho intramolecular Hbond substituents is 1. The summed E-state index contributed by atoms with van der Waals surface area (Å²) in [6.07, 6.45) is 3.09. The van der Waals surface area contributed by atoms with Crippen molar-refractivity contribution in [2.75, 3.05) is 34.0 Å². The normalized spacial score (nSPS) is 10.3. The first-order valence-corrected chi connectivity index (χ1v) is 21.6. The van der Waals surface area contributed by atoms with Crippen LogP contribution < -0.4 is 79.7 Å². The summed E-state index contributed by atoms with van der Waals surface area (Å²) in [6.45, 7) is 17.4. The molecule has 0 amide bonds. The number of hydrogen-bond donors (Lipinski definition) is 3. The van der Waals surface area contributed by atoms with Crippen molar-refractivity contribution in [2.24, 2.45) is 0 Å². The van der Waals surface area contributed by atoms with Crippen molar-refractivity contribution < 1.29 is 154 Å². The summed E-state index contributed by atoms with van der Waals surface area (Å²) in [6, 6.07) is 20.6. The number of phenols is 1. The Morgan fingerprint density at radius 2 is 0.783 bits per heavy atom. The number of aliphatic carboxylic acids is 1. The molecule has 0 heterocycles. The fraction of sp³-hybridized carbons (Fsp3) is 0.520. The number of carboxylic acids is 1. The Labute approximate surface area is 464 Å². The SMILES string of the molecule is CC(C)(C)OC(=O)CCCO.CC(C)(C)OC(=O)CCCOc1ccc(CC(=O)O)cc1.COC(=O)Cc1ccc(O)cc1.COC(=O)Cc1ccc(OCCCC(=O)OC(C)(C)C)cc1.[H-].[K+].[Li+].[OH-]. The van der Waals surface area contributed by atoms with E-state index in [-0.39, 0.29) is 139 Å². The Morgan fingerprint density at radius 1 is 0.493 bits per heavy atom. The van der Waals surface area contributed by atoms with Gasteiger partial charge in [0.2, 0.25) is 0 Å². The van der Waals surface area contributed by atoms with Gasteiger partial charge in [-0.05, 0) is 135 Å². The summed E-state index contributed by atoms with van der Waals surface area (Å²) < 4.78 is 35.5. The fourth-order valence-electron chi connectivity index (χ4n) is 4.89. The number of benzene rings is 3. The third-order valence-corrected chi connectivity index (χ3v) is 7.68. The Kier molecular flexibility index (Phi) is 40.2. The topological polar surface area (TPSA) is 258 Å². The van der Waals surface area contributed by atoms with Crippen molar-refractivity contribution >= 4 is 35.8 Å². The zero-order valence-corrected chi connectivity index (χ0v) is 46.1. The average molecular weight is 993 g/mol. The van der Waals surface area contributed by atoms with Crippen molar-refractivity contribution in [1.82, 2.24) is 0 Å².